The molecule has 0 radical (unpaired) electrons. The lowest BCUT2D eigenvalue weighted by Gasteiger charge is -2.15. The Bertz CT molecular complexity index is 1350. The number of hydrogen-bond acceptors (Lipinski definition) is 3. The number of aromatic nitrogens is 1. The lowest BCUT2D eigenvalue weighted by atomic mass is 9.88. The van der Waals surface area contributed by atoms with Crippen LogP contribution in [0.25, 0.3) is 21.9 Å². The number of nitrogens with zero attached hydrogens (tertiary/aromatic N) is 1. The van der Waals surface area contributed by atoms with Gasteiger partial charge in [-0.3, -0.25) is 10.1 Å². The van der Waals surface area contributed by atoms with Gasteiger partial charge in [-0.15, -0.1) is 0 Å². The number of nitrogens with one attached hydrogen (secondary N) is 1. The van der Waals surface area contributed by atoms with Crippen molar-refractivity contribution in [1.82, 2.24) is 4.98 Å². The fourth-order valence-corrected chi connectivity index (χ4v) is 3.98. The molecule has 1 N–H and O–H groups in total. The fourth-order valence-electron chi connectivity index (χ4n) is 3.80. The lowest BCUT2D eigenvalue weighted by Crippen LogP contribution is -2.01. The van der Waals surface area contributed by atoms with Crippen molar-refractivity contribution in [3.8, 4) is 0 Å². The number of benzene rings is 3. The second-order valence-electron chi connectivity index (χ2n) is 6.91. The molecule has 0 aliphatic carbocycles. The highest BCUT2D eigenvalue weighted by Gasteiger charge is 2.24. The molecular weight excluding hydrogens is 388 g/mol. The van der Waals surface area contributed by atoms with Gasteiger partial charge >= 0.3 is 0 Å². The van der Waals surface area contributed by atoms with Gasteiger partial charge in [0.2, 0.25) is 0 Å². The predicted octanol–water partition coefficient (Wildman–Crippen LogP) is 6.66. The highest BCUT2D eigenvalue weighted by Crippen LogP contribution is 2.39. The van der Waals surface area contributed by atoms with E-state index >= 15 is 0 Å². The molecule has 142 valence electrons. The summed E-state index contributed by atoms with van der Waals surface area (Å²) in [5.74, 6) is 0.527. The maximum atomic E-state index is 11.3. The number of fused-ring (bicyclic) bond motifs is 2. The number of rotatable bonds is 4. The normalized spacial score (nSPS) is 12.4. The third kappa shape index (κ3) is 3.05. The number of non-ortho nitro benzene ring substituents is 1. The molecule has 0 spiro atoms. The van der Waals surface area contributed by atoms with Crippen molar-refractivity contribution in [2.45, 2.75) is 5.92 Å². The first-order valence-electron chi connectivity index (χ1n) is 9.09. The molecule has 1 atom stereocenters. The third-order valence-corrected chi connectivity index (χ3v) is 5.37. The highest BCUT2D eigenvalue weighted by atomic mass is 35.5. The minimum Gasteiger partial charge on any atom is -0.460 e. The molecular formula is C23H15ClN2O3. The van der Waals surface area contributed by atoms with E-state index in [0.717, 1.165) is 38.8 Å². The minimum absolute atomic E-state index is 0.0570. The number of furan rings is 1. The molecule has 1 unspecified atom stereocenters. The van der Waals surface area contributed by atoms with E-state index in [1.165, 1.54) is 6.07 Å². The van der Waals surface area contributed by atoms with Crippen molar-refractivity contribution in [3.05, 3.63) is 111 Å². The van der Waals surface area contributed by atoms with Crippen LogP contribution in [0.3, 0.4) is 0 Å². The van der Waals surface area contributed by atoms with E-state index in [2.05, 4.69) is 4.98 Å². The van der Waals surface area contributed by atoms with E-state index < -0.39 is 0 Å². The number of nitro benzene ring substituents is 1. The van der Waals surface area contributed by atoms with E-state index in [0.29, 0.717) is 5.02 Å². The Morgan fingerprint density at radius 2 is 1.83 bits per heavy atom. The standard InChI is InChI=1S/C23H15ClN2O3/c24-16-6-9-21-15(10-16)11-22(29-21)23(14-4-2-1-3-5-14)19-13-25-20-8-7-17(26(27)28)12-18(19)20/h1-13,23,25H. The first-order chi connectivity index (χ1) is 14.1. The van der Waals surface area contributed by atoms with E-state index in [4.69, 9.17) is 16.0 Å². The summed E-state index contributed by atoms with van der Waals surface area (Å²) in [6.07, 6.45) is 1.90. The summed E-state index contributed by atoms with van der Waals surface area (Å²) >= 11 is 6.14. The second kappa shape index (κ2) is 6.79. The van der Waals surface area contributed by atoms with Gasteiger partial charge in [-0.05, 0) is 41.5 Å². The van der Waals surface area contributed by atoms with Crippen LogP contribution in [-0.2, 0) is 0 Å². The summed E-state index contributed by atoms with van der Waals surface area (Å²) in [5.41, 5.74) is 3.59. The zero-order chi connectivity index (χ0) is 20.0. The molecule has 2 heterocycles. The molecule has 5 aromatic rings. The van der Waals surface area contributed by atoms with E-state index in [-0.39, 0.29) is 16.5 Å². The summed E-state index contributed by atoms with van der Waals surface area (Å²) in [4.78, 5) is 14.2. The van der Waals surface area contributed by atoms with E-state index in [1.807, 2.05) is 54.7 Å². The van der Waals surface area contributed by atoms with Gasteiger partial charge in [0.05, 0.1) is 10.8 Å². The zero-order valence-corrected chi connectivity index (χ0v) is 15.9. The van der Waals surface area contributed by atoms with Crippen LogP contribution in [0.2, 0.25) is 5.02 Å². The van der Waals surface area contributed by atoms with E-state index in [1.54, 1.807) is 18.2 Å². The Labute approximate surface area is 170 Å². The van der Waals surface area contributed by atoms with Crippen LogP contribution >= 0.6 is 11.6 Å². The molecule has 6 heteroatoms. The average molecular weight is 403 g/mol. The molecule has 5 nitrogen and oxygen atoms in total. The van der Waals surface area contributed by atoms with Crippen LogP contribution in [0.4, 0.5) is 5.69 Å². The summed E-state index contributed by atoms with van der Waals surface area (Å²) in [6.45, 7) is 0. The molecule has 3 aromatic carbocycles. The first kappa shape index (κ1) is 17.5. The number of hydrogen-bond donors (Lipinski definition) is 1. The molecule has 0 aliphatic heterocycles. The van der Waals surface area contributed by atoms with Crippen LogP contribution < -0.4 is 0 Å². The number of nitro groups is 1. The lowest BCUT2D eigenvalue weighted by molar-refractivity contribution is -0.384. The van der Waals surface area contributed by atoms with Gasteiger partial charge in [-0.1, -0.05) is 41.9 Å². The number of aromatic amines is 1. The van der Waals surface area contributed by atoms with Crippen LogP contribution in [0.5, 0.6) is 0 Å². The zero-order valence-electron chi connectivity index (χ0n) is 15.1. The van der Waals surface area contributed by atoms with Gasteiger partial charge in [0.1, 0.15) is 11.3 Å². The summed E-state index contributed by atoms with van der Waals surface area (Å²) in [7, 11) is 0. The Balaban J connectivity index is 1.76. The number of halogens is 1. The van der Waals surface area contributed by atoms with Crippen molar-refractivity contribution in [2.24, 2.45) is 0 Å². The topological polar surface area (TPSA) is 72.1 Å². The van der Waals surface area contributed by atoms with Gasteiger partial charge in [-0.25, -0.2) is 0 Å². The molecule has 0 saturated carbocycles. The molecule has 0 bridgehead atoms. The van der Waals surface area contributed by atoms with Crippen LogP contribution in [0, 0.1) is 10.1 Å². The molecule has 0 saturated heterocycles. The Morgan fingerprint density at radius 1 is 1.00 bits per heavy atom. The molecule has 0 aliphatic rings. The smallest absolute Gasteiger partial charge is 0.270 e. The second-order valence-corrected chi connectivity index (χ2v) is 7.34. The maximum absolute atomic E-state index is 11.3. The Morgan fingerprint density at radius 3 is 2.62 bits per heavy atom. The molecule has 2 aromatic heterocycles. The van der Waals surface area contributed by atoms with Crippen molar-refractivity contribution in [1.29, 1.82) is 0 Å². The van der Waals surface area contributed by atoms with E-state index in [9.17, 15) is 10.1 Å². The van der Waals surface area contributed by atoms with Gasteiger partial charge < -0.3 is 9.40 Å². The molecule has 5 rings (SSSR count). The van der Waals surface area contributed by atoms with Crippen molar-refractivity contribution >= 4 is 39.2 Å². The highest BCUT2D eigenvalue weighted by molar-refractivity contribution is 6.31. The van der Waals surface area contributed by atoms with Crippen LogP contribution in [0.1, 0.15) is 22.8 Å². The average Bonchev–Trinajstić information content (AvgIpc) is 3.32. The minimum atomic E-state index is -0.378. The number of H-pyrrole nitrogens is 1. The summed E-state index contributed by atoms with van der Waals surface area (Å²) in [5, 5.41) is 13.7. The third-order valence-electron chi connectivity index (χ3n) is 5.13. The summed E-state index contributed by atoms with van der Waals surface area (Å²) in [6, 6.07) is 22.3. The predicted molar refractivity (Wildman–Crippen MR) is 114 cm³/mol. The van der Waals surface area contributed by atoms with Gasteiger partial charge in [0.25, 0.3) is 5.69 Å². The van der Waals surface area contributed by atoms with Crippen LogP contribution in [-0.4, -0.2) is 9.91 Å². The summed E-state index contributed by atoms with van der Waals surface area (Å²) < 4.78 is 6.18. The quantitative estimate of drug-likeness (QED) is 0.270. The SMILES string of the molecule is O=[N+]([O-])c1ccc2[nH]cc(C(c3ccccc3)c3cc4cc(Cl)ccc4o3)c2c1. The largest absolute Gasteiger partial charge is 0.460 e. The molecule has 0 amide bonds. The van der Waals surface area contributed by atoms with Gasteiger partial charge in [0.15, 0.2) is 0 Å². The molecule has 0 fully saturated rings. The Kier molecular flexibility index (Phi) is 4.11. The Hall–Kier alpha value is -3.57. The van der Waals surface area contributed by atoms with Gasteiger partial charge in [-0.2, -0.15) is 0 Å². The monoisotopic (exact) mass is 402 g/mol. The van der Waals surface area contributed by atoms with Crippen LogP contribution in [0.15, 0.2) is 83.4 Å². The first-order valence-corrected chi connectivity index (χ1v) is 9.47. The van der Waals surface area contributed by atoms with Crippen molar-refractivity contribution in [2.75, 3.05) is 0 Å². The maximum Gasteiger partial charge on any atom is 0.270 e. The fraction of sp³-hybridized carbons (Fsp3) is 0.0435. The van der Waals surface area contributed by atoms with Crippen molar-refractivity contribution in [3.63, 3.8) is 0 Å². The van der Waals surface area contributed by atoms with Crippen molar-refractivity contribution < 1.29 is 9.34 Å². The molecule has 29 heavy (non-hydrogen) atoms. The van der Waals surface area contributed by atoms with Gasteiger partial charge in [0, 0.05) is 39.6 Å².